The summed E-state index contributed by atoms with van der Waals surface area (Å²) in [6, 6.07) is 1.36. The third kappa shape index (κ3) is 5.50. The highest BCUT2D eigenvalue weighted by atomic mass is 19.1. The standard InChI is InChI=1S/C13H13FN4O2.C10H17NO2/c1-20-13-10(14)4-8(5-15-13)18-3-2-11-9(6-18)12(19)17-7-16-11;12-10(11-5-1-2-6-11)9-3-7-13-8-4-9/h4-5,7H,2-3,6H2,1H3,(H,16,17,19);9H,1-8H2. The number of H-pyrrole nitrogens is 1. The van der Waals surface area contributed by atoms with Crippen LogP contribution in [0.3, 0.4) is 0 Å². The van der Waals surface area contributed by atoms with Crippen molar-refractivity contribution < 1.29 is 18.7 Å². The maximum Gasteiger partial charge on any atom is 0.255 e. The van der Waals surface area contributed by atoms with Gasteiger partial charge >= 0.3 is 0 Å². The first-order chi connectivity index (χ1) is 16.1. The molecule has 33 heavy (non-hydrogen) atoms. The normalized spacial score (nSPS) is 18.4. The molecule has 1 N–H and O–H groups in total. The number of rotatable bonds is 3. The number of methoxy groups -OCH3 is 1. The topological polar surface area (TPSA) is 101 Å². The first kappa shape index (κ1) is 23.2. The Morgan fingerprint density at radius 1 is 1.21 bits per heavy atom. The van der Waals surface area contributed by atoms with E-state index in [4.69, 9.17) is 9.47 Å². The van der Waals surface area contributed by atoms with Crippen molar-refractivity contribution in [3.63, 3.8) is 0 Å². The molecule has 3 aliphatic heterocycles. The van der Waals surface area contributed by atoms with Crippen LogP contribution in [0.5, 0.6) is 5.88 Å². The number of pyridine rings is 1. The number of nitrogens with one attached hydrogen (secondary N) is 1. The van der Waals surface area contributed by atoms with Crippen molar-refractivity contribution in [2.75, 3.05) is 44.9 Å². The molecule has 10 heteroatoms. The quantitative estimate of drug-likeness (QED) is 0.748. The molecule has 0 radical (unpaired) electrons. The predicted molar refractivity (Wildman–Crippen MR) is 120 cm³/mol. The van der Waals surface area contributed by atoms with E-state index in [1.54, 1.807) is 0 Å². The minimum Gasteiger partial charge on any atom is -0.479 e. The summed E-state index contributed by atoms with van der Waals surface area (Å²) in [5.41, 5.74) is 1.89. The van der Waals surface area contributed by atoms with E-state index in [1.807, 2.05) is 9.80 Å². The molecule has 0 bridgehead atoms. The number of likely N-dealkylation sites (tertiary alicyclic amines) is 1. The van der Waals surface area contributed by atoms with E-state index in [2.05, 4.69) is 15.0 Å². The first-order valence-electron chi connectivity index (χ1n) is 11.4. The summed E-state index contributed by atoms with van der Waals surface area (Å²) in [5.74, 6) is 0.0780. The smallest absolute Gasteiger partial charge is 0.255 e. The molecule has 5 heterocycles. The maximum absolute atomic E-state index is 13.7. The number of hydrogen-bond donors (Lipinski definition) is 1. The van der Waals surface area contributed by atoms with Gasteiger partial charge in [0, 0.05) is 51.3 Å². The molecule has 178 valence electrons. The number of carbonyl (C=O) groups excluding carboxylic acids is 1. The molecule has 9 nitrogen and oxygen atoms in total. The van der Waals surface area contributed by atoms with Gasteiger partial charge in [-0.3, -0.25) is 9.59 Å². The molecule has 5 rings (SSSR count). The van der Waals surface area contributed by atoms with Crippen LogP contribution in [0, 0.1) is 11.7 Å². The number of anilines is 1. The second kappa shape index (κ2) is 10.7. The van der Waals surface area contributed by atoms with E-state index in [0.717, 1.165) is 44.8 Å². The number of hydrogen-bond acceptors (Lipinski definition) is 7. The summed E-state index contributed by atoms with van der Waals surface area (Å²) in [5, 5.41) is 0. The third-order valence-electron chi connectivity index (χ3n) is 6.35. The highest BCUT2D eigenvalue weighted by molar-refractivity contribution is 5.79. The Morgan fingerprint density at radius 3 is 2.67 bits per heavy atom. The van der Waals surface area contributed by atoms with Crippen LogP contribution in [0.25, 0.3) is 0 Å². The fourth-order valence-corrected chi connectivity index (χ4v) is 4.45. The Kier molecular flexibility index (Phi) is 7.54. The zero-order chi connectivity index (χ0) is 23.2. The lowest BCUT2D eigenvalue weighted by molar-refractivity contribution is -0.137. The van der Waals surface area contributed by atoms with Gasteiger partial charge in [-0.15, -0.1) is 0 Å². The molecule has 2 aromatic rings. The Hall–Kier alpha value is -3.01. The second-order valence-electron chi connectivity index (χ2n) is 8.43. The van der Waals surface area contributed by atoms with Gasteiger partial charge in [0.05, 0.1) is 43.1 Å². The Labute approximate surface area is 191 Å². The number of aromatic nitrogens is 3. The van der Waals surface area contributed by atoms with E-state index in [0.29, 0.717) is 36.7 Å². The first-order valence-corrected chi connectivity index (χ1v) is 11.4. The van der Waals surface area contributed by atoms with Gasteiger partial charge in [-0.25, -0.2) is 14.4 Å². The van der Waals surface area contributed by atoms with Crippen LogP contribution in [0.1, 0.15) is 36.9 Å². The predicted octanol–water partition coefficient (Wildman–Crippen LogP) is 1.91. The van der Waals surface area contributed by atoms with Crippen molar-refractivity contribution in [2.45, 2.75) is 38.6 Å². The minimum atomic E-state index is -0.518. The Morgan fingerprint density at radius 2 is 1.97 bits per heavy atom. The van der Waals surface area contributed by atoms with Crippen LogP contribution in [0.4, 0.5) is 10.1 Å². The SMILES string of the molecule is COc1ncc(N2CCc3nc[nH]c(=O)c3C2)cc1F.O=C(C1CCOCC1)N1CCCC1. The fraction of sp³-hybridized carbons (Fsp3) is 0.565. The van der Waals surface area contributed by atoms with E-state index in [9.17, 15) is 14.0 Å². The lowest BCUT2D eigenvalue weighted by Gasteiger charge is -2.29. The highest BCUT2D eigenvalue weighted by Gasteiger charge is 2.27. The molecule has 1 amide bonds. The average molecular weight is 460 g/mol. The molecule has 3 aliphatic rings. The van der Waals surface area contributed by atoms with Crippen LogP contribution >= 0.6 is 0 Å². The van der Waals surface area contributed by atoms with E-state index in [-0.39, 0.29) is 17.4 Å². The molecule has 0 aliphatic carbocycles. The minimum absolute atomic E-state index is 0.0364. The summed E-state index contributed by atoms with van der Waals surface area (Å²) in [4.78, 5) is 38.2. The van der Waals surface area contributed by atoms with E-state index in [1.165, 1.54) is 38.5 Å². The van der Waals surface area contributed by atoms with Crippen LogP contribution in [-0.4, -0.2) is 65.7 Å². The summed E-state index contributed by atoms with van der Waals surface area (Å²) in [6.45, 7) is 4.56. The van der Waals surface area contributed by atoms with Gasteiger partial charge in [0.25, 0.3) is 5.56 Å². The van der Waals surface area contributed by atoms with Crippen molar-refractivity contribution in [3.8, 4) is 5.88 Å². The van der Waals surface area contributed by atoms with Crippen LogP contribution < -0.4 is 15.2 Å². The van der Waals surface area contributed by atoms with Crippen molar-refractivity contribution in [3.05, 3.63) is 46.0 Å². The number of halogens is 1. The van der Waals surface area contributed by atoms with Gasteiger partial charge in [0.15, 0.2) is 5.82 Å². The highest BCUT2D eigenvalue weighted by Crippen LogP contribution is 2.24. The molecule has 0 atom stereocenters. The van der Waals surface area contributed by atoms with Gasteiger partial charge in [0.2, 0.25) is 11.8 Å². The van der Waals surface area contributed by atoms with Crippen molar-refractivity contribution in [1.29, 1.82) is 0 Å². The van der Waals surface area contributed by atoms with E-state index < -0.39 is 5.82 Å². The zero-order valence-electron chi connectivity index (χ0n) is 18.9. The third-order valence-corrected chi connectivity index (χ3v) is 6.35. The van der Waals surface area contributed by atoms with Crippen molar-refractivity contribution >= 4 is 11.6 Å². The number of nitrogens with zero attached hydrogens (tertiary/aromatic N) is 4. The molecule has 0 spiro atoms. The maximum atomic E-state index is 13.7. The average Bonchev–Trinajstić information content (AvgIpc) is 3.40. The van der Waals surface area contributed by atoms with Gasteiger partial charge < -0.3 is 24.3 Å². The lowest BCUT2D eigenvalue weighted by Crippen LogP contribution is -2.36. The number of carbonyl (C=O) groups is 1. The molecule has 0 saturated carbocycles. The number of fused-ring (bicyclic) bond motifs is 1. The molecule has 2 fully saturated rings. The molecular formula is C23H30FN5O4. The molecule has 0 unspecified atom stereocenters. The van der Waals surface area contributed by atoms with Crippen LogP contribution in [0.2, 0.25) is 0 Å². The zero-order valence-corrected chi connectivity index (χ0v) is 18.9. The second-order valence-corrected chi connectivity index (χ2v) is 8.43. The summed E-state index contributed by atoms with van der Waals surface area (Å²) in [6.07, 6.45) is 7.82. The van der Waals surface area contributed by atoms with Gasteiger partial charge in [0.1, 0.15) is 0 Å². The van der Waals surface area contributed by atoms with Crippen LogP contribution in [-0.2, 0) is 22.5 Å². The molecule has 0 aromatic carbocycles. The Balaban J connectivity index is 0.000000172. The lowest BCUT2D eigenvalue weighted by atomic mass is 9.99. The largest absolute Gasteiger partial charge is 0.479 e. The van der Waals surface area contributed by atoms with Crippen LogP contribution in [0.15, 0.2) is 23.4 Å². The molecule has 2 aromatic heterocycles. The number of aromatic amines is 1. The van der Waals surface area contributed by atoms with Gasteiger partial charge in [-0.2, -0.15) is 0 Å². The van der Waals surface area contributed by atoms with Gasteiger partial charge in [-0.05, 0) is 25.7 Å². The molecular weight excluding hydrogens is 429 g/mol. The van der Waals surface area contributed by atoms with E-state index >= 15 is 0 Å². The summed E-state index contributed by atoms with van der Waals surface area (Å²) in [7, 11) is 1.37. The Bertz CT molecular complexity index is 1020. The van der Waals surface area contributed by atoms with Crippen molar-refractivity contribution in [1.82, 2.24) is 19.9 Å². The number of ether oxygens (including phenoxy) is 2. The monoisotopic (exact) mass is 459 g/mol. The van der Waals surface area contributed by atoms with Crippen molar-refractivity contribution in [2.24, 2.45) is 5.92 Å². The van der Waals surface area contributed by atoms with Gasteiger partial charge in [-0.1, -0.05) is 0 Å². The summed E-state index contributed by atoms with van der Waals surface area (Å²) >= 11 is 0. The summed E-state index contributed by atoms with van der Waals surface area (Å²) < 4.78 is 23.7. The molecule has 2 saturated heterocycles. The number of amides is 1. The fourth-order valence-electron chi connectivity index (χ4n) is 4.45.